The Kier molecular flexibility index (Phi) is 6.57. The molecule has 2 aromatic rings. The lowest BCUT2D eigenvalue weighted by atomic mass is 10.2. The molecule has 0 spiro atoms. The third-order valence-electron chi connectivity index (χ3n) is 3.24. The van der Waals surface area contributed by atoms with Gasteiger partial charge >= 0.3 is 0 Å². The number of nitrogens with one attached hydrogen (secondary N) is 2. The number of aliphatic imine (C=N–C) groups is 1. The van der Waals surface area contributed by atoms with Gasteiger partial charge in [0, 0.05) is 18.7 Å². The zero-order valence-electron chi connectivity index (χ0n) is 12.9. The highest BCUT2D eigenvalue weighted by molar-refractivity contribution is 14.0. The zero-order chi connectivity index (χ0) is 15.2. The average Bonchev–Trinajstić information content (AvgIpc) is 3.20. The standard InChI is InChI=1S/C16H19N3O3.HI/c1-2-17-16(19-9-13-5-6-20-10-13)18-8-12-3-4-14-15(7-12)22-11-21-14;/h3-7,10H,2,8-9,11H2,1H3,(H2,17,18,19);1H. The molecule has 1 aliphatic heterocycles. The molecule has 1 aromatic carbocycles. The van der Waals surface area contributed by atoms with Crippen LogP contribution >= 0.6 is 24.0 Å². The van der Waals surface area contributed by atoms with Gasteiger partial charge in [-0.3, -0.25) is 0 Å². The molecule has 0 radical (unpaired) electrons. The van der Waals surface area contributed by atoms with E-state index in [-0.39, 0.29) is 24.0 Å². The summed E-state index contributed by atoms with van der Waals surface area (Å²) in [6.45, 7) is 4.37. The molecular formula is C16H20IN3O3. The summed E-state index contributed by atoms with van der Waals surface area (Å²) in [6.07, 6.45) is 3.35. The van der Waals surface area contributed by atoms with Crippen molar-refractivity contribution in [2.45, 2.75) is 20.0 Å². The topological polar surface area (TPSA) is 68.0 Å². The van der Waals surface area contributed by atoms with Crippen molar-refractivity contribution in [1.82, 2.24) is 10.6 Å². The van der Waals surface area contributed by atoms with E-state index in [4.69, 9.17) is 13.9 Å². The molecule has 0 fully saturated rings. The van der Waals surface area contributed by atoms with Crippen LogP contribution in [-0.2, 0) is 13.1 Å². The van der Waals surface area contributed by atoms with Crippen LogP contribution in [-0.4, -0.2) is 19.3 Å². The summed E-state index contributed by atoms with van der Waals surface area (Å²) in [7, 11) is 0. The molecule has 0 unspecified atom stereocenters. The molecule has 0 saturated carbocycles. The van der Waals surface area contributed by atoms with Crippen LogP contribution < -0.4 is 20.1 Å². The van der Waals surface area contributed by atoms with Crippen LogP contribution in [0, 0.1) is 0 Å². The summed E-state index contributed by atoms with van der Waals surface area (Å²) in [5.41, 5.74) is 2.15. The lowest BCUT2D eigenvalue weighted by molar-refractivity contribution is 0.174. The van der Waals surface area contributed by atoms with Crippen LogP contribution in [0.15, 0.2) is 46.2 Å². The summed E-state index contributed by atoms with van der Waals surface area (Å²) in [4.78, 5) is 4.52. The van der Waals surface area contributed by atoms with Crippen LogP contribution in [0.1, 0.15) is 18.1 Å². The number of halogens is 1. The Labute approximate surface area is 152 Å². The number of hydrogen-bond acceptors (Lipinski definition) is 4. The van der Waals surface area contributed by atoms with Crippen LogP contribution in [0.5, 0.6) is 11.5 Å². The first-order valence-corrected chi connectivity index (χ1v) is 7.27. The molecule has 0 atom stereocenters. The van der Waals surface area contributed by atoms with Gasteiger partial charge in [-0.15, -0.1) is 24.0 Å². The Bertz CT molecular complexity index is 644. The van der Waals surface area contributed by atoms with Gasteiger partial charge in [0.25, 0.3) is 0 Å². The van der Waals surface area contributed by atoms with Gasteiger partial charge in [-0.05, 0) is 30.7 Å². The Morgan fingerprint density at radius 3 is 2.78 bits per heavy atom. The monoisotopic (exact) mass is 429 g/mol. The highest BCUT2D eigenvalue weighted by atomic mass is 127. The fourth-order valence-corrected chi connectivity index (χ4v) is 2.13. The Morgan fingerprint density at radius 1 is 1.13 bits per heavy atom. The minimum atomic E-state index is 0. The van der Waals surface area contributed by atoms with E-state index >= 15 is 0 Å². The first kappa shape index (κ1) is 17.5. The Morgan fingerprint density at radius 2 is 2.00 bits per heavy atom. The maximum atomic E-state index is 5.38. The van der Waals surface area contributed by atoms with Crippen molar-refractivity contribution in [3.63, 3.8) is 0 Å². The Balaban J connectivity index is 0.00000192. The van der Waals surface area contributed by atoms with Gasteiger partial charge in [-0.25, -0.2) is 4.99 Å². The van der Waals surface area contributed by atoms with Crippen molar-refractivity contribution < 1.29 is 13.9 Å². The number of fused-ring (bicyclic) bond motifs is 1. The van der Waals surface area contributed by atoms with Crippen molar-refractivity contribution in [3.8, 4) is 11.5 Å². The SMILES string of the molecule is CCNC(=NCc1ccoc1)NCc1ccc2c(c1)OCO2.I. The van der Waals surface area contributed by atoms with Gasteiger partial charge in [0.1, 0.15) is 0 Å². The second-order valence-electron chi connectivity index (χ2n) is 4.87. The largest absolute Gasteiger partial charge is 0.472 e. The molecule has 7 heteroatoms. The fourth-order valence-electron chi connectivity index (χ4n) is 2.13. The first-order chi connectivity index (χ1) is 10.8. The molecule has 0 bridgehead atoms. The molecule has 1 aromatic heterocycles. The van der Waals surface area contributed by atoms with Crippen LogP contribution in [0.4, 0.5) is 0 Å². The Hall–Kier alpha value is -1.90. The van der Waals surface area contributed by atoms with Crippen molar-refractivity contribution in [3.05, 3.63) is 47.9 Å². The molecule has 0 amide bonds. The fraction of sp³-hybridized carbons (Fsp3) is 0.312. The van der Waals surface area contributed by atoms with Gasteiger partial charge in [0.05, 0.1) is 19.1 Å². The van der Waals surface area contributed by atoms with E-state index in [0.29, 0.717) is 19.9 Å². The van der Waals surface area contributed by atoms with Crippen molar-refractivity contribution in [1.29, 1.82) is 0 Å². The van der Waals surface area contributed by atoms with Gasteiger partial charge in [-0.1, -0.05) is 6.07 Å². The summed E-state index contributed by atoms with van der Waals surface area (Å²) < 4.78 is 15.7. The van der Waals surface area contributed by atoms with E-state index in [9.17, 15) is 0 Å². The number of benzene rings is 1. The number of guanidine groups is 1. The molecule has 0 saturated heterocycles. The van der Waals surface area contributed by atoms with E-state index in [1.807, 2.05) is 31.2 Å². The quantitative estimate of drug-likeness (QED) is 0.435. The predicted molar refractivity (Wildman–Crippen MR) is 98.3 cm³/mol. The third kappa shape index (κ3) is 4.78. The molecule has 6 nitrogen and oxygen atoms in total. The van der Waals surface area contributed by atoms with Crippen molar-refractivity contribution in [2.24, 2.45) is 4.99 Å². The molecule has 3 rings (SSSR count). The first-order valence-electron chi connectivity index (χ1n) is 7.27. The second kappa shape index (κ2) is 8.66. The number of nitrogens with zero attached hydrogens (tertiary/aromatic N) is 1. The summed E-state index contributed by atoms with van der Waals surface area (Å²) in [6, 6.07) is 7.83. The van der Waals surface area contributed by atoms with Crippen LogP contribution in [0.25, 0.3) is 0 Å². The van der Waals surface area contributed by atoms with Gasteiger partial charge in [0.15, 0.2) is 17.5 Å². The molecular weight excluding hydrogens is 409 g/mol. The number of hydrogen-bond donors (Lipinski definition) is 2. The van der Waals surface area contributed by atoms with E-state index in [2.05, 4.69) is 15.6 Å². The van der Waals surface area contributed by atoms with E-state index < -0.39 is 0 Å². The van der Waals surface area contributed by atoms with E-state index in [1.165, 1.54) is 0 Å². The van der Waals surface area contributed by atoms with Gasteiger partial charge in [-0.2, -0.15) is 0 Å². The molecule has 2 heterocycles. The smallest absolute Gasteiger partial charge is 0.231 e. The lowest BCUT2D eigenvalue weighted by Crippen LogP contribution is -2.36. The molecule has 124 valence electrons. The number of rotatable bonds is 5. The summed E-state index contributed by atoms with van der Waals surface area (Å²) in [5.74, 6) is 2.35. The molecule has 2 N–H and O–H groups in total. The minimum Gasteiger partial charge on any atom is -0.472 e. The molecule has 0 aliphatic carbocycles. The predicted octanol–water partition coefficient (Wildman–Crippen LogP) is 2.88. The van der Waals surface area contributed by atoms with Crippen molar-refractivity contribution in [2.75, 3.05) is 13.3 Å². The normalized spacial score (nSPS) is 12.7. The zero-order valence-corrected chi connectivity index (χ0v) is 15.2. The van der Waals surface area contributed by atoms with E-state index in [0.717, 1.165) is 35.1 Å². The van der Waals surface area contributed by atoms with E-state index in [1.54, 1.807) is 12.5 Å². The van der Waals surface area contributed by atoms with Crippen LogP contribution in [0.3, 0.4) is 0 Å². The van der Waals surface area contributed by atoms with Gasteiger partial charge < -0.3 is 24.5 Å². The maximum absolute atomic E-state index is 5.38. The second-order valence-corrected chi connectivity index (χ2v) is 4.87. The van der Waals surface area contributed by atoms with Crippen LogP contribution in [0.2, 0.25) is 0 Å². The summed E-state index contributed by atoms with van der Waals surface area (Å²) in [5, 5.41) is 6.52. The number of furan rings is 1. The molecule has 23 heavy (non-hydrogen) atoms. The summed E-state index contributed by atoms with van der Waals surface area (Å²) >= 11 is 0. The molecule has 1 aliphatic rings. The highest BCUT2D eigenvalue weighted by Gasteiger charge is 2.13. The minimum absolute atomic E-state index is 0. The lowest BCUT2D eigenvalue weighted by Gasteiger charge is -2.11. The highest BCUT2D eigenvalue weighted by Crippen LogP contribution is 2.32. The average molecular weight is 429 g/mol. The maximum Gasteiger partial charge on any atom is 0.231 e. The third-order valence-corrected chi connectivity index (χ3v) is 3.24. The van der Waals surface area contributed by atoms with Crippen molar-refractivity contribution >= 4 is 29.9 Å². The number of ether oxygens (including phenoxy) is 2. The van der Waals surface area contributed by atoms with Gasteiger partial charge in [0.2, 0.25) is 6.79 Å².